The third kappa shape index (κ3) is 4.42. The fourth-order valence-electron chi connectivity index (χ4n) is 1.97. The van der Waals surface area contributed by atoms with Crippen LogP contribution in [0.15, 0.2) is 36.4 Å². The first-order valence-electron chi connectivity index (χ1n) is 7.10. The van der Waals surface area contributed by atoms with E-state index in [1.54, 1.807) is 19.1 Å². The number of carbonyl (C=O) groups excluding carboxylic acids is 1. The van der Waals surface area contributed by atoms with Gasteiger partial charge < -0.3 is 10.6 Å². The van der Waals surface area contributed by atoms with Crippen LogP contribution in [0.25, 0.3) is 0 Å². The molecular weight excluding hydrogens is 337 g/mol. The van der Waals surface area contributed by atoms with Crippen molar-refractivity contribution in [3.8, 4) is 0 Å². The molecule has 0 saturated heterocycles. The highest BCUT2D eigenvalue weighted by molar-refractivity contribution is 6.33. The molecule has 0 atom stereocenters. The van der Waals surface area contributed by atoms with Crippen LogP contribution in [0.2, 0.25) is 5.02 Å². The summed E-state index contributed by atoms with van der Waals surface area (Å²) < 4.78 is 13.4. The molecule has 0 aromatic heterocycles. The number of nitrogens with one attached hydrogen (secondary N) is 2. The van der Waals surface area contributed by atoms with Crippen molar-refractivity contribution in [1.82, 2.24) is 5.32 Å². The largest absolute Gasteiger partial charge is 0.382 e. The summed E-state index contributed by atoms with van der Waals surface area (Å²) in [4.78, 5) is 22.0. The van der Waals surface area contributed by atoms with Crippen molar-refractivity contribution in [3.63, 3.8) is 0 Å². The lowest BCUT2D eigenvalue weighted by Crippen LogP contribution is -2.28. The van der Waals surface area contributed by atoms with Crippen molar-refractivity contribution in [2.45, 2.75) is 6.92 Å². The van der Waals surface area contributed by atoms with Crippen LogP contribution < -0.4 is 10.6 Å². The molecule has 0 fully saturated rings. The van der Waals surface area contributed by atoms with E-state index in [0.29, 0.717) is 17.8 Å². The van der Waals surface area contributed by atoms with Gasteiger partial charge in [0.2, 0.25) is 0 Å². The molecule has 0 spiro atoms. The van der Waals surface area contributed by atoms with Crippen LogP contribution >= 0.6 is 11.6 Å². The number of hydrogen-bond acceptors (Lipinski definition) is 4. The molecule has 0 unspecified atom stereocenters. The molecule has 0 bridgehead atoms. The third-order valence-electron chi connectivity index (χ3n) is 3.32. The topological polar surface area (TPSA) is 84.3 Å². The van der Waals surface area contributed by atoms with Gasteiger partial charge in [-0.3, -0.25) is 14.9 Å². The number of nitrogens with zero attached hydrogens (tertiary/aromatic N) is 1. The molecule has 2 aromatic carbocycles. The first kappa shape index (κ1) is 17.7. The first-order chi connectivity index (χ1) is 11.4. The summed E-state index contributed by atoms with van der Waals surface area (Å²) >= 11 is 5.95. The number of nitro benzene ring substituents is 1. The van der Waals surface area contributed by atoms with Crippen molar-refractivity contribution >= 4 is 28.9 Å². The summed E-state index contributed by atoms with van der Waals surface area (Å²) in [6, 6.07) is 8.36. The van der Waals surface area contributed by atoms with Crippen LogP contribution in [0, 0.1) is 22.9 Å². The molecule has 2 aromatic rings. The van der Waals surface area contributed by atoms with Gasteiger partial charge in [0.05, 0.1) is 15.6 Å². The molecule has 0 saturated carbocycles. The van der Waals surface area contributed by atoms with Gasteiger partial charge in [0.1, 0.15) is 5.82 Å². The van der Waals surface area contributed by atoms with E-state index < -0.39 is 10.7 Å². The number of carbonyl (C=O) groups is 1. The highest BCUT2D eigenvalue weighted by Gasteiger charge is 2.10. The molecule has 24 heavy (non-hydrogen) atoms. The minimum atomic E-state index is -0.531. The number of nitro groups is 1. The molecular formula is C16H15ClFN3O3. The van der Waals surface area contributed by atoms with Gasteiger partial charge in [-0.2, -0.15) is 0 Å². The third-order valence-corrected chi connectivity index (χ3v) is 3.64. The second kappa shape index (κ2) is 7.74. The van der Waals surface area contributed by atoms with Crippen molar-refractivity contribution in [2.24, 2.45) is 0 Å². The number of rotatable bonds is 6. The normalized spacial score (nSPS) is 10.3. The Morgan fingerprint density at radius 3 is 2.62 bits per heavy atom. The summed E-state index contributed by atoms with van der Waals surface area (Å²) in [7, 11) is 0. The lowest BCUT2D eigenvalue weighted by Gasteiger charge is -2.09. The number of amides is 1. The zero-order valence-electron chi connectivity index (χ0n) is 12.8. The molecule has 0 aliphatic heterocycles. The molecule has 126 valence electrons. The quantitative estimate of drug-likeness (QED) is 0.473. The van der Waals surface area contributed by atoms with Crippen LogP contribution in [-0.4, -0.2) is 23.9 Å². The highest BCUT2D eigenvalue weighted by Crippen LogP contribution is 2.26. The standard InChI is InChI=1S/C16H15ClFN3O3/c1-10-2-3-11(8-14(10)18)16(22)20-7-6-19-15-5-4-12(21(23)24)9-13(15)17/h2-5,8-9,19H,6-7H2,1H3,(H,20,22). The Hall–Kier alpha value is -2.67. The van der Waals surface area contributed by atoms with Crippen LogP contribution in [0.1, 0.15) is 15.9 Å². The maximum Gasteiger partial charge on any atom is 0.271 e. The van der Waals surface area contributed by atoms with Crippen LogP contribution in [0.3, 0.4) is 0 Å². The lowest BCUT2D eigenvalue weighted by molar-refractivity contribution is -0.384. The van der Waals surface area contributed by atoms with E-state index in [2.05, 4.69) is 10.6 Å². The second-order valence-electron chi connectivity index (χ2n) is 5.07. The fraction of sp³-hybridized carbons (Fsp3) is 0.188. The Morgan fingerprint density at radius 1 is 1.25 bits per heavy atom. The molecule has 6 nitrogen and oxygen atoms in total. The number of anilines is 1. The van der Waals surface area contributed by atoms with Crippen LogP contribution in [0.4, 0.5) is 15.8 Å². The number of hydrogen-bond donors (Lipinski definition) is 2. The highest BCUT2D eigenvalue weighted by atomic mass is 35.5. The Labute approximate surface area is 142 Å². The van der Waals surface area contributed by atoms with Gasteiger partial charge in [-0.25, -0.2) is 4.39 Å². The number of non-ortho nitro benzene ring substituents is 1. The molecule has 0 aliphatic rings. The molecule has 2 N–H and O–H groups in total. The van der Waals surface area contributed by atoms with E-state index in [1.165, 1.54) is 24.3 Å². The average molecular weight is 352 g/mol. The molecule has 0 heterocycles. The van der Waals surface area contributed by atoms with Gasteiger partial charge in [-0.15, -0.1) is 0 Å². The molecule has 8 heteroatoms. The maximum atomic E-state index is 13.4. The van der Waals surface area contributed by atoms with E-state index in [1.807, 2.05) is 0 Å². The summed E-state index contributed by atoms with van der Waals surface area (Å²) in [6.45, 7) is 2.26. The SMILES string of the molecule is Cc1ccc(C(=O)NCCNc2ccc([N+](=O)[O-])cc2Cl)cc1F. The van der Waals surface area contributed by atoms with E-state index in [0.717, 1.165) is 0 Å². The maximum absolute atomic E-state index is 13.4. The van der Waals surface area contributed by atoms with Crippen molar-refractivity contribution in [3.05, 3.63) is 68.5 Å². The van der Waals surface area contributed by atoms with Crippen LogP contribution in [-0.2, 0) is 0 Å². The van der Waals surface area contributed by atoms with E-state index in [-0.39, 0.29) is 28.7 Å². The van der Waals surface area contributed by atoms with Gasteiger partial charge in [0.25, 0.3) is 11.6 Å². The molecule has 0 radical (unpaired) electrons. The van der Waals surface area contributed by atoms with Gasteiger partial charge in [-0.1, -0.05) is 17.7 Å². The fourth-order valence-corrected chi connectivity index (χ4v) is 2.21. The van der Waals surface area contributed by atoms with Crippen molar-refractivity contribution in [1.29, 1.82) is 0 Å². The predicted molar refractivity (Wildman–Crippen MR) is 90.1 cm³/mol. The zero-order chi connectivity index (χ0) is 17.7. The number of benzene rings is 2. The lowest BCUT2D eigenvalue weighted by atomic mass is 10.1. The number of aryl methyl sites for hydroxylation is 1. The van der Waals surface area contributed by atoms with Gasteiger partial charge in [0.15, 0.2) is 0 Å². The smallest absolute Gasteiger partial charge is 0.271 e. The minimum absolute atomic E-state index is 0.0970. The Balaban J connectivity index is 1.85. The van der Waals surface area contributed by atoms with Crippen molar-refractivity contribution in [2.75, 3.05) is 18.4 Å². The van der Waals surface area contributed by atoms with E-state index in [4.69, 9.17) is 11.6 Å². The van der Waals surface area contributed by atoms with Crippen molar-refractivity contribution < 1.29 is 14.1 Å². The van der Waals surface area contributed by atoms with Gasteiger partial charge in [0, 0.05) is 30.8 Å². The van der Waals surface area contributed by atoms with E-state index in [9.17, 15) is 19.3 Å². The molecule has 1 amide bonds. The summed E-state index contributed by atoms with van der Waals surface area (Å²) in [5.74, 6) is -0.816. The predicted octanol–water partition coefficient (Wildman–Crippen LogP) is 3.54. The van der Waals surface area contributed by atoms with E-state index >= 15 is 0 Å². The Morgan fingerprint density at radius 2 is 2.00 bits per heavy atom. The Kier molecular flexibility index (Phi) is 5.70. The zero-order valence-corrected chi connectivity index (χ0v) is 13.6. The van der Waals surface area contributed by atoms with Crippen LogP contribution in [0.5, 0.6) is 0 Å². The summed E-state index contributed by atoms with van der Waals surface area (Å²) in [6.07, 6.45) is 0. The molecule has 0 aliphatic carbocycles. The number of halogens is 2. The van der Waals surface area contributed by atoms with Gasteiger partial charge >= 0.3 is 0 Å². The van der Waals surface area contributed by atoms with Gasteiger partial charge in [-0.05, 0) is 30.7 Å². The Bertz CT molecular complexity index is 783. The summed E-state index contributed by atoms with van der Waals surface area (Å²) in [5, 5.41) is 16.5. The molecule has 2 rings (SSSR count). The first-order valence-corrected chi connectivity index (χ1v) is 7.48. The second-order valence-corrected chi connectivity index (χ2v) is 5.48. The average Bonchev–Trinajstić information content (AvgIpc) is 2.54. The minimum Gasteiger partial charge on any atom is -0.382 e. The monoisotopic (exact) mass is 351 g/mol. The summed E-state index contributed by atoms with van der Waals surface area (Å²) in [5.41, 5.74) is 1.14.